The van der Waals surface area contributed by atoms with Gasteiger partial charge in [-0.05, 0) is 20.3 Å². The first-order valence-electron chi connectivity index (χ1n) is 5.49. The van der Waals surface area contributed by atoms with Crippen LogP contribution in [0.1, 0.15) is 36.2 Å². The van der Waals surface area contributed by atoms with Crippen molar-refractivity contribution in [1.29, 1.82) is 0 Å². The Balaban J connectivity index is 2.88. The normalized spacial score (nSPS) is 16.2. The second-order valence-corrected chi connectivity index (χ2v) is 5.67. The van der Waals surface area contributed by atoms with Gasteiger partial charge in [-0.3, -0.25) is 9.36 Å². The monoisotopic (exact) mass is 256 g/mol. The van der Waals surface area contributed by atoms with Gasteiger partial charge in [0.2, 0.25) is 0 Å². The Morgan fingerprint density at radius 1 is 1.41 bits per heavy atom. The molecule has 5 heteroatoms. The lowest BCUT2D eigenvalue weighted by atomic mass is 10.2. The molecule has 0 bridgehead atoms. The number of aryl methyl sites for hydroxylation is 1. The summed E-state index contributed by atoms with van der Waals surface area (Å²) in [6, 6.07) is 6.49. The molecule has 0 aromatic heterocycles. The summed E-state index contributed by atoms with van der Waals surface area (Å²) < 4.78 is 16.6. The van der Waals surface area contributed by atoms with Crippen molar-refractivity contribution in [3.63, 3.8) is 0 Å². The Morgan fingerprint density at radius 3 is 2.41 bits per heavy atom. The molecule has 0 radical (unpaired) electrons. The highest BCUT2D eigenvalue weighted by Gasteiger charge is 2.33. The van der Waals surface area contributed by atoms with Crippen LogP contribution in [0.3, 0.4) is 0 Å². The maximum atomic E-state index is 11.8. The highest BCUT2D eigenvalue weighted by atomic mass is 31.2. The third kappa shape index (κ3) is 3.77. The van der Waals surface area contributed by atoms with Gasteiger partial charge in [-0.15, -0.1) is 0 Å². The molecule has 1 N–H and O–H groups in total. The number of hydrogen-bond acceptors (Lipinski definition) is 3. The first-order valence-corrected chi connectivity index (χ1v) is 7.07. The van der Waals surface area contributed by atoms with Crippen molar-refractivity contribution < 1.29 is 18.8 Å². The number of carbonyl (C=O) groups is 1. The van der Waals surface area contributed by atoms with E-state index in [0.29, 0.717) is 6.42 Å². The van der Waals surface area contributed by atoms with Crippen LogP contribution in [0.25, 0.3) is 0 Å². The lowest BCUT2D eigenvalue weighted by Gasteiger charge is -2.15. The second kappa shape index (κ2) is 5.58. The first-order chi connectivity index (χ1) is 7.86. The van der Waals surface area contributed by atoms with Crippen molar-refractivity contribution in [2.75, 3.05) is 0 Å². The lowest BCUT2D eigenvalue weighted by Crippen LogP contribution is -2.10. The van der Waals surface area contributed by atoms with Gasteiger partial charge in [-0.25, -0.2) is 0 Å². The quantitative estimate of drug-likeness (QED) is 0.822. The summed E-state index contributed by atoms with van der Waals surface area (Å²) in [4.78, 5) is 21.4. The fourth-order valence-electron chi connectivity index (χ4n) is 1.23. The molecule has 17 heavy (non-hydrogen) atoms. The van der Waals surface area contributed by atoms with Gasteiger partial charge < -0.3 is 9.42 Å². The molecule has 0 saturated carbocycles. The topological polar surface area (TPSA) is 63.6 Å². The van der Waals surface area contributed by atoms with Gasteiger partial charge in [0.15, 0.2) is 0 Å². The zero-order valence-electron chi connectivity index (χ0n) is 10.2. The number of rotatable bonds is 5. The highest BCUT2D eigenvalue weighted by Crippen LogP contribution is 2.47. The zero-order valence-corrected chi connectivity index (χ0v) is 11.1. The lowest BCUT2D eigenvalue weighted by molar-refractivity contribution is 0.0991. The summed E-state index contributed by atoms with van der Waals surface area (Å²) in [5, 5.41) is 0. The van der Waals surface area contributed by atoms with Crippen molar-refractivity contribution >= 4 is 13.1 Å². The van der Waals surface area contributed by atoms with Crippen molar-refractivity contribution in [1.82, 2.24) is 0 Å². The molecule has 1 aromatic rings. The van der Waals surface area contributed by atoms with Crippen LogP contribution in [-0.4, -0.2) is 16.5 Å². The Bertz CT molecular complexity index is 438. The largest absolute Gasteiger partial charge is 0.399 e. The molecular weight excluding hydrogens is 239 g/mol. The smallest absolute Gasteiger partial charge is 0.319 e. The standard InChI is InChI=1S/C12H17O4P/c1-4-10(3)16-17(14,15)12(13)11-7-5-9(2)6-8-11/h5-8,10H,4H2,1-3H3,(H,14,15). The minimum Gasteiger partial charge on any atom is -0.319 e. The predicted molar refractivity (Wildman–Crippen MR) is 66.2 cm³/mol. The molecule has 0 aliphatic carbocycles. The summed E-state index contributed by atoms with van der Waals surface area (Å²) >= 11 is 0. The molecule has 2 unspecified atom stereocenters. The van der Waals surface area contributed by atoms with E-state index >= 15 is 0 Å². The first kappa shape index (κ1) is 14.1. The third-order valence-electron chi connectivity index (χ3n) is 2.45. The van der Waals surface area contributed by atoms with Crippen molar-refractivity contribution in [2.45, 2.75) is 33.3 Å². The minimum atomic E-state index is -4.23. The van der Waals surface area contributed by atoms with Crippen LogP contribution in [0.2, 0.25) is 0 Å². The molecule has 0 spiro atoms. The van der Waals surface area contributed by atoms with Gasteiger partial charge in [0.1, 0.15) is 0 Å². The summed E-state index contributed by atoms with van der Waals surface area (Å²) in [6.45, 7) is 5.36. The average molecular weight is 256 g/mol. The maximum Gasteiger partial charge on any atom is 0.399 e. The van der Waals surface area contributed by atoms with Crippen LogP contribution in [0.4, 0.5) is 0 Å². The summed E-state index contributed by atoms with van der Waals surface area (Å²) in [5.41, 5.74) is 0.333. The molecule has 94 valence electrons. The Kier molecular flexibility index (Phi) is 4.63. The van der Waals surface area contributed by atoms with E-state index < -0.39 is 19.2 Å². The third-order valence-corrected chi connectivity index (χ3v) is 3.87. The second-order valence-electron chi connectivity index (χ2n) is 4.02. The SMILES string of the molecule is CCC(C)OP(=O)(O)C(=O)c1ccc(C)cc1. The molecule has 2 atom stereocenters. The van der Waals surface area contributed by atoms with Crippen LogP contribution in [0.15, 0.2) is 24.3 Å². The van der Waals surface area contributed by atoms with Gasteiger partial charge in [-0.2, -0.15) is 0 Å². The minimum absolute atomic E-state index is 0.199. The molecule has 1 rings (SSSR count). The van der Waals surface area contributed by atoms with E-state index in [2.05, 4.69) is 0 Å². The van der Waals surface area contributed by atoms with E-state index in [1.807, 2.05) is 13.8 Å². The van der Waals surface area contributed by atoms with Crippen LogP contribution in [0.5, 0.6) is 0 Å². The van der Waals surface area contributed by atoms with Crippen LogP contribution in [-0.2, 0) is 9.09 Å². The van der Waals surface area contributed by atoms with E-state index in [0.717, 1.165) is 5.56 Å². The maximum absolute atomic E-state index is 11.8. The van der Waals surface area contributed by atoms with Gasteiger partial charge >= 0.3 is 7.60 Å². The summed E-state index contributed by atoms with van der Waals surface area (Å²) in [7, 11) is -4.23. The molecule has 1 aromatic carbocycles. The van der Waals surface area contributed by atoms with Crippen molar-refractivity contribution in [2.24, 2.45) is 0 Å². The fraction of sp³-hybridized carbons (Fsp3) is 0.417. The highest BCUT2D eigenvalue weighted by molar-refractivity contribution is 7.71. The van der Waals surface area contributed by atoms with E-state index in [1.54, 1.807) is 19.1 Å². The van der Waals surface area contributed by atoms with Gasteiger partial charge in [0, 0.05) is 5.56 Å². The fourth-order valence-corrected chi connectivity index (χ4v) is 2.43. The molecule has 0 aliphatic rings. The van der Waals surface area contributed by atoms with E-state index in [9.17, 15) is 14.3 Å². The Morgan fingerprint density at radius 2 is 1.94 bits per heavy atom. The molecular formula is C12H17O4P. The summed E-state index contributed by atoms with van der Waals surface area (Å²) in [5.74, 6) is 0. The van der Waals surface area contributed by atoms with Crippen LogP contribution in [0, 0.1) is 6.92 Å². The molecule has 0 amide bonds. The number of carbonyl (C=O) groups excluding carboxylic acids is 1. The summed E-state index contributed by atoms with van der Waals surface area (Å²) in [6.07, 6.45) is 0.159. The van der Waals surface area contributed by atoms with Crippen molar-refractivity contribution in [3.8, 4) is 0 Å². The van der Waals surface area contributed by atoms with Crippen LogP contribution < -0.4 is 0 Å². The predicted octanol–water partition coefficient (Wildman–Crippen LogP) is 3.14. The average Bonchev–Trinajstić information content (AvgIpc) is 2.28. The molecule has 0 heterocycles. The molecule has 0 aliphatic heterocycles. The van der Waals surface area contributed by atoms with Gasteiger partial charge in [0.05, 0.1) is 6.10 Å². The Labute approximate surface area is 101 Å². The van der Waals surface area contributed by atoms with Gasteiger partial charge in [0.25, 0.3) is 5.52 Å². The molecule has 4 nitrogen and oxygen atoms in total. The van der Waals surface area contributed by atoms with E-state index in [1.165, 1.54) is 12.1 Å². The molecule has 0 fully saturated rings. The Hall–Kier alpha value is -0.960. The number of benzene rings is 1. The number of hydrogen-bond donors (Lipinski definition) is 1. The zero-order chi connectivity index (χ0) is 13.1. The van der Waals surface area contributed by atoms with E-state index in [4.69, 9.17) is 4.52 Å². The van der Waals surface area contributed by atoms with E-state index in [-0.39, 0.29) is 5.56 Å². The van der Waals surface area contributed by atoms with Crippen LogP contribution >= 0.6 is 7.60 Å². The molecule has 0 saturated heterocycles. The van der Waals surface area contributed by atoms with Gasteiger partial charge in [-0.1, -0.05) is 36.8 Å². The van der Waals surface area contributed by atoms with Crippen molar-refractivity contribution in [3.05, 3.63) is 35.4 Å².